The lowest BCUT2D eigenvalue weighted by Crippen LogP contribution is -2.46. The molecule has 2 heterocycles. The first-order valence-corrected chi connectivity index (χ1v) is 10.9. The van der Waals surface area contributed by atoms with Gasteiger partial charge in [0.2, 0.25) is 0 Å². The predicted octanol–water partition coefficient (Wildman–Crippen LogP) is 3.55. The van der Waals surface area contributed by atoms with E-state index in [1.807, 2.05) is 0 Å². The molecule has 2 atom stereocenters. The standard InChI is InChI=1S/C22H28BrN3O4/c1-15-13-26(14-16(2)29-15)12-6-11-24-21(27)17-7-4-5-8-18(17)25(3)22(28)19-9-10-20(23)30-19/h4-5,7-10,15-16H,6,11-14H2,1-3H3,(H,24,27). The van der Waals surface area contributed by atoms with Gasteiger partial charge in [-0.2, -0.15) is 0 Å². The Bertz CT molecular complexity index is 875. The molecule has 1 aromatic heterocycles. The zero-order valence-electron chi connectivity index (χ0n) is 17.6. The van der Waals surface area contributed by atoms with E-state index in [9.17, 15) is 9.59 Å². The van der Waals surface area contributed by atoms with Crippen LogP contribution in [0.5, 0.6) is 0 Å². The monoisotopic (exact) mass is 477 g/mol. The molecule has 0 radical (unpaired) electrons. The van der Waals surface area contributed by atoms with Gasteiger partial charge in [-0.1, -0.05) is 12.1 Å². The van der Waals surface area contributed by atoms with Crippen LogP contribution in [0.3, 0.4) is 0 Å². The number of ether oxygens (including phenoxy) is 1. The van der Waals surface area contributed by atoms with Crippen molar-refractivity contribution >= 4 is 33.4 Å². The average Bonchev–Trinajstić information content (AvgIpc) is 3.15. The minimum atomic E-state index is -0.323. The molecular formula is C22H28BrN3O4. The van der Waals surface area contributed by atoms with Gasteiger partial charge in [0, 0.05) is 33.2 Å². The molecule has 1 saturated heterocycles. The molecule has 1 aliphatic rings. The third-order valence-corrected chi connectivity index (χ3v) is 5.46. The molecule has 1 N–H and O–H groups in total. The van der Waals surface area contributed by atoms with E-state index < -0.39 is 0 Å². The van der Waals surface area contributed by atoms with E-state index in [0.717, 1.165) is 26.1 Å². The fraction of sp³-hybridized carbons (Fsp3) is 0.455. The van der Waals surface area contributed by atoms with Crippen molar-refractivity contribution in [3.8, 4) is 0 Å². The fourth-order valence-corrected chi connectivity index (χ4v) is 4.04. The third kappa shape index (κ3) is 5.71. The highest BCUT2D eigenvalue weighted by molar-refractivity contribution is 9.10. The number of nitrogens with zero attached hydrogens (tertiary/aromatic N) is 2. The smallest absolute Gasteiger partial charge is 0.293 e. The number of hydrogen-bond acceptors (Lipinski definition) is 5. The molecule has 0 saturated carbocycles. The van der Waals surface area contributed by atoms with Crippen LogP contribution < -0.4 is 10.2 Å². The highest BCUT2D eigenvalue weighted by Crippen LogP contribution is 2.23. The number of carbonyl (C=O) groups excluding carboxylic acids is 2. The van der Waals surface area contributed by atoms with Crippen LogP contribution in [0, 0.1) is 0 Å². The van der Waals surface area contributed by atoms with Crippen LogP contribution in [-0.2, 0) is 4.74 Å². The topological polar surface area (TPSA) is 75.0 Å². The second kappa shape index (κ2) is 10.2. The first kappa shape index (κ1) is 22.5. The van der Waals surface area contributed by atoms with Crippen molar-refractivity contribution in [2.24, 2.45) is 0 Å². The normalized spacial score (nSPS) is 19.5. The number of para-hydroxylation sites is 1. The van der Waals surface area contributed by atoms with Crippen LogP contribution in [0.15, 0.2) is 45.5 Å². The minimum Gasteiger partial charge on any atom is -0.444 e. The quantitative estimate of drug-likeness (QED) is 0.617. The van der Waals surface area contributed by atoms with Gasteiger partial charge in [0.1, 0.15) is 0 Å². The summed E-state index contributed by atoms with van der Waals surface area (Å²) in [4.78, 5) is 29.3. The molecule has 2 unspecified atom stereocenters. The van der Waals surface area contributed by atoms with Gasteiger partial charge in [-0.3, -0.25) is 14.5 Å². The number of carbonyl (C=O) groups is 2. The highest BCUT2D eigenvalue weighted by atomic mass is 79.9. The Hall–Kier alpha value is -2.16. The number of benzene rings is 1. The van der Waals surface area contributed by atoms with Gasteiger partial charge in [0.05, 0.1) is 23.5 Å². The van der Waals surface area contributed by atoms with Gasteiger partial charge < -0.3 is 19.4 Å². The van der Waals surface area contributed by atoms with E-state index in [4.69, 9.17) is 9.15 Å². The molecule has 2 amide bonds. The van der Waals surface area contributed by atoms with Crippen molar-refractivity contribution in [2.45, 2.75) is 32.5 Å². The van der Waals surface area contributed by atoms with Gasteiger partial charge in [0.15, 0.2) is 10.4 Å². The molecule has 2 aromatic rings. The van der Waals surface area contributed by atoms with Crippen LogP contribution >= 0.6 is 15.9 Å². The predicted molar refractivity (Wildman–Crippen MR) is 119 cm³/mol. The van der Waals surface area contributed by atoms with E-state index in [0.29, 0.717) is 22.5 Å². The summed E-state index contributed by atoms with van der Waals surface area (Å²) >= 11 is 3.20. The lowest BCUT2D eigenvalue weighted by atomic mass is 10.1. The second-order valence-electron chi connectivity index (χ2n) is 7.61. The van der Waals surface area contributed by atoms with E-state index in [1.165, 1.54) is 4.90 Å². The zero-order valence-corrected chi connectivity index (χ0v) is 19.1. The van der Waals surface area contributed by atoms with Gasteiger partial charge in [-0.15, -0.1) is 0 Å². The first-order valence-electron chi connectivity index (χ1n) is 10.1. The number of anilines is 1. The Morgan fingerprint density at radius 2 is 1.87 bits per heavy atom. The maximum atomic E-state index is 12.8. The molecule has 0 bridgehead atoms. The van der Waals surface area contributed by atoms with Crippen molar-refractivity contribution in [1.29, 1.82) is 0 Å². The van der Waals surface area contributed by atoms with Crippen LogP contribution in [0.2, 0.25) is 0 Å². The lowest BCUT2D eigenvalue weighted by Gasteiger charge is -2.35. The van der Waals surface area contributed by atoms with Crippen LogP contribution in [0.4, 0.5) is 5.69 Å². The van der Waals surface area contributed by atoms with E-state index >= 15 is 0 Å². The summed E-state index contributed by atoms with van der Waals surface area (Å²) in [5.74, 6) is -0.320. The van der Waals surface area contributed by atoms with E-state index in [-0.39, 0.29) is 29.8 Å². The summed E-state index contributed by atoms with van der Waals surface area (Å²) in [6, 6.07) is 10.3. The molecule has 1 fully saturated rings. The molecule has 7 nitrogen and oxygen atoms in total. The molecule has 30 heavy (non-hydrogen) atoms. The minimum absolute atomic E-state index is 0.199. The first-order chi connectivity index (χ1) is 14.3. The molecule has 3 rings (SSSR count). The molecule has 0 aliphatic carbocycles. The van der Waals surface area contributed by atoms with Crippen LogP contribution in [-0.4, -0.2) is 62.1 Å². The molecule has 0 spiro atoms. The summed E-state index contributed by atoms with van der Waals surface area (Å²) < 4.78 is 11.6. The van der Waals surface area contributed by atoms with Crippen LogP contribution in [0.1, 0.15) is 41.2 Å². The zero-order chi connectivity index (χ0) is 21.7. The maximum Gasteiger partial charge on any atom is 0.293 e. The summed E-state index contributed by atoms with van der Waals surface area (Å²) in [6.07, 6.45) is 1.32. The number of morpholine rings is 1. The van der Waals surface area contributed by atoms with Crippen molar-refractivity contribution < 1.29 is 18.7 Å². The SMILES string of the molecule is CC1CN(CCCNC(=O)c2ccccc2N(C)C(=O)c2ccc(Br)o2)CC(C)O1. The van der Waals surface area contributed by atoms with Crippen molar-refractivity contribution in [3.63, 3.8) is 0 Å². The number of rotatable bonds is 7. The number of halogens is 1. The maximum absolute atomic E-state index is 12.8. The highest BCUT2D eigenvalue weighted by Gasteiger charge is 2.23. The van der Waals surface area contributed by atoms with Gasteiger partial charge in [-0.05, 0) is 60.5 Å². The van der Waals surface area contributed by atoms with Crippen molar-refractivity contribution in [1.82, 2.24) is 10.2 Å². The van der Waals surface area contributed by atoms with Crippen molar-refractivity contribution in [2.75, 3.05) is 38.1 Å². The Kier molecular flexibility index (Phi) is 7.69. The molecule has 1 aliphatic heterocycles. The Balaban J connectivity index is 1.57. The van der Waals surface area contributed by atoms with E-state index in [1.54, 1.807) is 43.4 Å². The third-order valence-electron chi connectivity index (χ3n) is 5.03. The van der Waals surface area contributed by atoms with Gasteiger partial charge >= 0.3 is 0 Å². The van der Waals surface area contributed by atoms with E-state index in [2.05, 4.69) is 40.0 Å². The number of furan rings is 1. The number of hydrogen-bond donors (Lipinski definition) is 1. The average molecular weight is 478 g/mol. The Morgan fingerprint density at radius 1 is 1.17 bits per heavy atom. The lowest BCUT2D eigenvalue weighted by molar-refractivity contribution is -0.0680. The summed E-state index contributed by atoms with van der Waals surface area (Å²) in [7, 11) is 1.63. The summed E-state index contributed by atoms with van der Waals surface area (Å²) in [5, 5.41) is 2.97. The Labute approximate surface area is 185 Å². The Morgan fingerprint density at radius 3 is 2.53 bits per heavy atom. The molecule has 162 valence electrons. The molecule has 8 heteroatoms. The fourth-order valence-electron chi connectivity index (χ4n) is 3.73. The van der Waals surface area contributed by atoms with Crippen molar-refractivity contribution in [3.05, 3.63) is 52.4 Å². The van der Waals surface area contributed by atoms with Gasteiger partial charge in [-0.25, -0.2) is 0 Å². The second-order valence-corrected chi connectivity index (χ2v) is 8.39. The molecule has 1 aromatic carbocycles. The number of amides is 2. The van der Waals surface area contributed by atoms with Crippen LogP contribution in [0.25, 0.3) is 0 Å². The summed E-state index contributed by atoms with van der Waals surface area (Å²) in [6.45, 7) is 7.47. The largest absolute Gasteiger partial charge is 0.444 e. The molecular weight excluding hydrogens is 450 g/mol. The number of nitrogens with one attached hydrogen (secondary N) is 1. The summed E-state index contributed by atoms with van der Waals surface area (Å²) in [5.41, 5.74) is 0.982. The van der Waals surface area contributed by atoms with Gasteiger partial charge in [0.25, 0.3) is 11.8 Å².